The van der Waals surface area contributed by atoms with Crippen LogP contribution in [-0.2, 0) is 21.2 Å². The molecule has 1 aromatic rings. The van der Waals surface area contributed by atoms with Crippen molar-refractivity contribution in [3.8, 4) is 0 Å². The van der Waals surface area contributed by atoms with Gasteiger partial charge >= 0.3 is 5.97 Å². The van der Waals surface area contributed by atoms with E-state index in [0.717, 1.165) is 30.5 Å². The maximum absolute atomic E-state index is 13.0. The van der Waals surface area contributed by atoms with Crippen molar-refractivity contribution in [2.24, 2.45) is 11.8 Å². The normalized spacial score (nSPS) is 21.3. The highest BCUT2D eigenvalue weighted by Gasteiger charge is 2.39. The van der Waals surface area contributed by atoms with E-state index in [1.54, 1.807) is 12.1 Å². The molecule has 158 valence electrons. The fourth-order valence-electron chi connectivity index (χ4n) is 4.29. The summed E-state index contributed by atoms with van der Waals surface area (Å²) < 4.78 is 41.1. The number of carbonyl (C=O) groups is 1. The third-order valence-corrected chi connectivity index (χ3v) is 7.06. The molecule has 7 heteroatoms. The zero-order valence-electron chi connectivity index (χ0n) is 16.4. The molecule has 1 aromatic carbocycles. The third-order valence-electron chi connectivity index (χ3n) is 5.78. The van der Waals surface area contributed by atoms with Crippen LogP contribution in [0.5, 0.6) is 0 Å². The van der Waals surface area contributed by atoms with Crippen molar-refractivity contribution >= 4 is 16.0 Å². The van der Waals surface area contributed by atoms with Crippen LogP contribution in [0.2, 0.25) is 0 Å². The maximum Gasteiger partial charge on any atom is 0.303 e. The number of carboxylic acid groups (broad SMARTS) is 1. The second-order valence-corrected chi connectivity index (χ2v) is 9.75. The van der Waals surface area contributed by atoms with Gasteiger partial charge in [0, 0.05) is 18.0 Å². The number of allylic oxidation sites excluding steroid dienone is 4. The van der Waals surface area contributed by atoms with Crippen LogP contribution in [0.25, 0.3) is 0 Å². The van der Waals surface area contributed by atoms with Crippen LogP contribution >= 0.6 is 0 Å². The Morgan fingerprint density at radius 3 is 2.62 bits per heavy atom. The van der Waals surface area contributed by atoms with Crippen molar-refractivity contribution in [2.75, 3.05) is 5.75 Å². The fraction of sp³-hybridized carbons (Fsp3) is 0.500. The fourth-order valence-corrected chi connectivity index (χ4v) is 5.53. The Bertz CT molecular complexity index is 890. The molecule has 2 unspecified atom stereocenters. The van der Waals surface area contributed by atoms with Gasteiger partial charge < -0.3 is 5.11 Å². The quantitative estimate of drug-likeness (QED) is 0.415. The molecule has 2 aliphatic carbocycles. The van der Waals surface area contributed by atoms with Crippen LogP contribution in [0.1, 0.15) is 50.5 Å². The van der Waals surface area contributed by atoms with Crippen LogP contribution in [-0.4, -0.2) is 25.2 Å². The Kier molecular flexibility index (Phi) is 7.11. The molecule has 0 aliphatic heterocycles. The number of rotatable bonds is 11. The predicted molar refractivity (Wildman–Crippen MR) is 110 cm³/mol. The second kappa shape index (κ2) is 9.57. The first kappa shape index (κ1) is 21.6. The van der Waals surface area contributed by atoms with Gasteiger partial charge in [0.05, 0.1) is 5.75 Å². The summed E-state index contributed by atoms with van der Waals surface area (Å²) in [4.78, 5) is 10.5. The first-order chi connectivity index (χ1) is 13.8. The summed E-state index contributed by atoms with van der Waals surface area (Å²) in [5, 5.41) is 8.67. The van der Waals surface area contributed by atoms with Crippen molar-refractivity contribution in [3.05, 3.63) is 59.1 Å². The van der Waals surface area contributed by atoms with Crippen LogP contribution in [0, 0.1) is 17.7 Å². The van der Waals surface area contributed by atoms with E-state index >= 15 is 0 Å². The summed E-state index contributed by atoms with van der Waals surface area (Å²) in [5.41, 5.74) is 2.85. The lowest BCUT2D eigenvalue weighted by Gasteiger charge is -2.21. The van der Waals surface area contributed by atoms with Gasteiger partial charge in [0.2, 0.25) is 10.0 Å². The summed E-state index contributed by atoms with van der Waals surface area (Å²) in [6.07, 6.45) is 9.70. The van der Waals surface area contributed by atoms with Gasteiger partial charge in [0.15, 0.2) is 0 Å². The monoisotopic (exact) mass is 421 g/mol. The molecule has 0 heterocycles. The number of aliphatic carboxylic acids is 1. The minimum absolute atomic E-state index is 0.0299. The Labute approximate surface area is 171 Å². The zero-order chi connectivity index (χ0) is 20.9. The van der Waals surface area contributed by atoms with Crippen LogP contribution in [0.3, 0.4) is 0 Å². The van der Waals surface area contributed by atoms with E-state index in [9.17, 15) is 17.6 Å². The number of carboxylic acids is 1. The first-order valence-electron chi connectivity index (χ1n) is 10.2. The molecule has 2 aliphatic rings. The number of sulfonamides is 1. The van der Waals surface area contributed by atoms with Crippen LogP contribution in [0.4, 0.5) is 4.39 Å². The highest BCUT2D eigenvalue weighted by atomic mass is 32.2. The van der Waals surface area contributed by atoms with Gasteiger partial charge in [-0.25, -0.2) is 12.8 Å². The summed E-state index contributed by atoms with van der Waals surface area (Å²) in [5.74, 6) is -0.416. The first-order valence-corrected chi connectivity index (χ1v) is 11.8. The highest BCUT2D eigenvalue weighted by Crippen LogP contribution is 2.49. The number of hydrogen-bond acceptors (Lipinski definition) is 3. The Balaban J connectivity index is 1.59. The van der Waals surface area contributed by atoms with Gasteiger partial charge in [-0.1, -0.05) is 24.3 Å². The minimum atomic E-state index is -3.47. The number of nitrogens with one attached hydrogen (secondary N) is 1. The molecular weight excluding hydrogens is 393 g/mol. The Morgan fingerprint density at radius 2 is 1.90 bits per heavy atom. The van der Waals surface area contributed by atoms with Crippen molar-refractivity contribution in [1.29, 1.82) is 0 Å². The van der Waals surface area contributed by atoms with Gasteiger partial charge in [0.25, 0.3) is 0 Å². The smallest absolute Gasteiger partial charge is 0.303 e. The topological polar surface area (TPSA) is 83.5 Å². The molecule has 3 rings (SSSR count). The van der Waals surface area contributed by atoms with Gasteiger partial charge in [-0.2, -0.15) is 0 Å². The van der Waals surface area contributed by atoms with E-state index in [1.165, 1.54) is 17.7 Å². The van der Waals surface area contributed by atoms with Crippen molar-refractivity contribution < 1.29 is 22.7 Å². The largest absolute Gasteiger partial charge is 0.481 e. The van der Waals surface area contributed by atoms with E-state index in [4.69, 9.17) is 5.11 Å². The van der Waals surface area contributed by atoms with Crippen molar-refractivity contribution in [1.82, 2.24) is 4.72 Å². The number of halogens is 1. The van der Waals surface area contributed by atoms with E-state index in [2.05, 4.69) is 4.72 Å². The Morgan fingerprint density at radius 1 is 1.17 bits per heavy atom. The molecule has 2 N–H and O–H groups in total. The van der Waals surface area contributed by atoms with E-state index in [0.29, 0.717) is 31.6 Å². The predicted octanol–water partition coefficient (Wildman–Crippen LogP) is 4.17. The Hall–Kier alpha value is -2.15. The zero-order valence-corrected chi connectivity index (χ0v) is 17.3. The molecule has 0 radical (unpaired) electrons. The average Bonchev–Trinajstić information content (AvgIpc) is 3.26. The molecular formula is C22H28FNO4S. The number of benzene rings is 1. The molecule has 29 heavy (non-hydrogen) atoms. The molecule has 0 aromatic heterocycles. The summed E-state index contributed by atoms with van der Waals surface area (Å²) in [6, 6.07) is 5.91. The van der Waals surface area contributed by atoms with E-state index < -0.39 is 16.0 Å². The number of fused-ring (bicyclic) bond motifs is 2. The minimum Gasteiger partial charge on any atom is -0.481 e. The molecule has 0 amide bonds. The summed E-state index contributed by atoms with van der Waals surface area (Å²) >= 11 is 0. The molecule has 0 spiro atoms. The van der Waals surface area contributed by atoms with Gasteiger partial charge in [-0.3, -0.25) is 9.52 Å². The maximum atomic E-state index is 13.0. The lowest BCUT2D eigenvalue weighted by molar-refractivity contribution is -0.137. The lowest BCUT2D eigenvalue weighted by atomic mass is 9.93. The molecule has 2 atom stereocenters. The third kappa shape index (κ3) is 6.16. The molecule has 2 bridgehead atoms. The lowest BCUT2D eigenvalue weighted by Crippen LogP contribution is -2.30. The standard InChI is InChI=1S/C22H28FNO4S/c23-19-11-7-16(8-12-19)13-14-29(27,28)24-22-18-10-9-17(15-18)20(22)5-3-1-2-4-6-21(25)26/h1,3,7-8,11-12,17-18,24H,2,4-6,9-10,13-15H2,(H,25,26). The van der Waals surface area contributed by atoms with Crippen molar-refractivity contribution in [2.45, 2.75) is 51.4 Å². The van der Waals surface area contributed by atoms with Crippen molar-refractivity contribution in [3.63, 3.8) is 0 Å². The number of unbranched alkanes of at least 4 members (excludes halogenated alkanes) is 1. The number of aryl methyl sites for hydroxylation is 1. The highest BCUT2D eigenvalue weighted by molar-refractivity contribution is 7.89. The summed E-state index contributed by atoms with van der Waals surface area (Å²) in [6.45, 7) is 0. The molecule has 1 saturated carbocycles. The van der Waals surface area contributed by atoms with Gasteiger partial charge in [0.1, 0.15) is 5.82 Å². The molecule has 1 fully saturated rings. The summed E-state index contributed by atoms with van der Waals surface area (Å²) in [7, 11) is -3.47. The van der Waals surface area contributed by atoms with Gasteiger partial charge in [-0.05, 0) is 74.1 Å². The van der Waals surface area contributed by atoms with Crippen LogP contribution in [0.15, 0.2) is 47.7 Å². The molecule has 0 saturated heterocycles. The second-order valence-electron chi connectivity index (χ2n) is 7.90. The van der Waals surface area contributed by atoms with Gasteiger partial charge in [-0.15, -0.1) is 0 Å². The molecule has 5 nitrogen and oxygen atoms in total. The SMILES string of the molecule is O=C(O)CCCC=CCC1=C(NS(=O)(=O)CCc2ccc(F)cc2)C2CCC1C2. The number of hydrogen-bond donors (Lipinski definition) is 2. The van der Waals surface area contributed by atoms with E-state index in [-0.39, 0.29) is 23.9 Å². The van der Waals surface area contributed by atoms with E-state index in [1.807, 2.05) is 12.2 Å². The van der Waals surface area contributed by atoms with Crippen LogP contribution < -0.4 is 4.72 Å². The average molecular weight is 422 g/mol.